The highest BCUT2D eigenvalue weighted by Gasteiger charge is 2.41. The molecule has 0 saturated carbocycles. The highest BCUT2D eigenvalue weighted by Crippen LogP contribution is 2.42. The van der Waals surface area contributed by atoms with E-state index in [-0.39, 0.29) is 0 Å². The molecule has 1 aromatic rings. The molecule has 3 heteroatoms. The van der Waals surface area contributed by atoms with Crippen molar-refractivity contribution in [1.29, 1.82) is 0 Å². The molecule has 108 valence electrons. The van der Waals surface area contributed by atoms with Crippen LogP contribution in [-0.4, -0.2) is 43.7 Å². The molecule has 4 heterocycles. The lowest BCUT2D eigenvalue weighted by Crippen LogP contribution is -2.57. The van der Waals surface area contributed by atoms with Crippen molar-refractivity contribution in [3.63, 3.8) is 0 Å². The summed E-state index contributed by atoms with van der Waals surface area (Å²) >= 11 is 0. The molecule has 1 aromatic carbocycles. The average Bonchev–Trinajstić information content (AvgIpc) is 2.88. The average molecular weight is 271 g/mol. The number of fused-ring (bicyclic) bond motifs is 4. The summed E-state index contributed by atoms with van der Waals surface area (Å²) in [7, 11) is 0. The minimum absolute atomic E-state index is 0.645. The molecule has 5 rings (SSSR count). The van der Waals surface area contributed by atoms with Crippen LogP contribution in [0.4, 0.5) is 5.69 Å². The van der Waals surface area contributed by atoms with E-state index in [0.717, 1.165) is 24.9 Å². The Kier molecular flexibility index (Phi) is 3.20. The summed E-state index contributed by atoms with van der Waals surface area (Å²) in [5.41, 5.74) is 8.85. The third-order valence-electron chi connectivity index (χ3n) is 5.64. The van der Waals surface area contributed by atoms with Crippen LogP contribution in [0, 0.1) is 5.92 Å². The summed E-state index contributed by atoms with van der Waals surface area (Å²) in [4.78, 5) is 5.37. The standard InChI is InChI=1S/C17H25N3/c18-8-5-14-11-20(16-4-2-1-3-15(14)16)17-12-19-9-6-13(17)7-10-19/h1-4,13-14,17H,5-12,18H2. The number of benzene rings is 1. The van der Waals surface area contributed by atoms with Gasteiger partial charge in [-0.15, -0.1) is 0 Å². The lowest BCUT2D eigenvalue weighted by Gasteiger charge is -2.49. The molecule has 2 unspecified atom stereocenters. The monoisotopic (exact) mass is 271 g/mol. The van der Waals surface area contributed by atoms with Crippen LogP contribution < -0.4 is 10.6 Å². The van der Waals surface area contributed by atoms with Crippen LogP contribution in [0.5, 0.6) is 0 Å². The van der Waals surface area contributed by atoms with Gasteiger partial charge < -0.3 is 15.5 Å². The minimum atomic E-state index is 0.645. The first kappa shape index (κ1) is 12.7. The maximum Gasteiger partial charge on any atom is 0.0446 e. The topological polar surface area (TPSA) is 32.5 Å². The molecule has 2 N–H and O–H groups in total. The van der Waals surface area contributed by atoms with Gasteiger partial charge in [-0.25, -0.2) is 0 Å². The summed E-state index contributed by atoms with van der Waals surface area (Å²) in [6, 6.07) is 9.75. The third-order valence-corrected chi connectivity index (χ3v) is 5.64. The molecule has 0 spiro atoms. The summed E-state index contributed by atoms with van der Waals surface area (Å²) in [5, 5.41) is 0. The Morgan fingerprint density at radius 3 is 2.60 bits per heavy atom. The van der Waals surface area contributed by atoms with Gasteiger partial charge in [0.05, 0.1) is 0 Å². The summed E-state index contributed by atoms with van der Waals surface area (Å²) in [5.74, 6) is 1.55. The Morgan fingerprint density at radius 2 is 1.90 bits per heavy atom. The van der Waals surface area contributed by atoms with Gasteiger partial charge in [-0.3, -0.25) is 0 Å². The predicted octanol–water partition coefficient (Wildman–Crippen LogP) is 2.03. The smallest absolute Gasteiger partial charge is 0.0446 e. The summed E-state index contributed by atoms with van der Waals surface area (Å²) < 4.78 is 0. The van der Waals surface area contributed by atoms with Crippen LogP contribution >= 0.6 is 0 Å². The number of anilines is 1. The number of nitrogens with two attached hydrogens (primary N) is 1. The second-order valence-corrected chi connectivity index (χ2v) is 6.69. The van der Waals surface area contributed by atoms with Gasteiger partial charge >= 0.3 is 0 Å². The van der Waals surface area contributed by atoms with E-state index >= 15 is 0 Å². The second kappa shape index (κ2) is 5.05. The molecular weight excluding hydrogens is 246 g/mol. The first-order valence-electron chi connectivity index (χ1n) is 8.15. The van der Waals surface area contributed by atoms with Crippen molar-refractivity contribution in [1.82, 2.24) is 4.90 Å². The Hall–Kier alpha value is -1.06. The molecule has 3 saturated heterocycles. The molecule has 2 atom stereocenters. The molecule has 4 aliphatic rings. The van der Waals surface area contributed by atoms with Gasteiger partial charge in [0.1, 0.15) is 0 Å². The highest BCUT2D eigenvalue weighted by molar-refractivity contribution is 5.61. The number of nitrogens with zero attached hydrogens (tertiary/aromatic N) is 2. The lowest BCUT2D eigenvalue weighted by molar-refractivity contribution is 0.0856. The Labute approximate surface area is 121 Å². The van der Waals surface area contributed by atoms with E-state index < -0.39 is 0 Å². The Balaban J connectivity index is 1.63. The fourth-order valence-electron chi connectivity index (χ4n) is 4.58. The molecule has 3 fully saturated rings. The first-order chi connectivity index (χ1) is 9.86. The number of rotatable bonds is 3. The maximum atomic E-state index is 5.82. The summed E-state index contributed by atoms with van der Waals surface area (Å²) in [6.45, 7) is 5.90. The van der Waals surface area contributed by atoms with Crippen LogP contribution in [0.2, 0.25) is 0 Å². The molecule has 4 aliphatic heterocycles. The van der Waals surface area contributed by atoms with Crippen molar-refractivity contribution in [3.05, 3.63) is 29.8 Å². The fraction of sp³-hybridized carbons (Fsp3) is 0.647. The van der Waals surface area contributed by atoms with E-state index in [2.05, 4.69) is 34.1 Å². The van der Waals surface area contributed by atoms with Crippen LogP contribution in [0.25, 0.3) is 0 Å². The highest BCUT2D eigenvalue weighted by atomic mass is 15.3. The molecule has 20 heavy (non-hydrogen) atoms. The van der Waals surface area contributed by atoms with Crippen molar-refractivity contribution in [3.8, 4) is 0 Å². The van der Waals surface area contributed by atoms with Crippen LogP contribution in [0.1, 0.15) is 30.7 Å². The van der Waals surface area contributed by atoms with E-state index in [0.29, 0.717) is 5.92 Å². The van der Waals surface area contributed by atoms with Crippen molar-refractivity contribution in [2.24, 2.45) is 11.7 Å². The second-order valence-electron chi connectivity index (χ2n) is 6.69. The first-order valence-corrected chi connectivity index (χ1v) is 8.15. The van der Waals surface area contributed by atoms with Gasteiger partial charge in [0.2, 0.25) is 0 Å². The van der Waals surface area contributed by atoms with E-state index in [1.807, 2.05) is 0 Å². The summed E-state index contributed by atoms with van der Waals surface area (Å²) in [6.07, 6.45) is 3.91. The lowest BCUT2D eigenvalue weighted by atomic mass is 9.83. The van der Waals surface area contributed by atoms with Crippen molar-refractivity contribution >= 4 is 5.69 Å². The van der Waals surface area contributed by atoms with E-state index in [1.165, 1.54) is 50.3 Å². The molecular formula is C17H25N3. The van der Waals surface area contributed by atoms with Gasteiger partial charge in [-0.2, -0.15) is 0 Å². The third kappa shape index (κ3) is 1.95. The van der Waals surface area contributed by atoms with Crippen molar-refractivity contribution < 1.29 is 0 Å². The molecule has 0 aromatic heterocycles. The quantitative estimate of drug-likeness (QED) is 0.913. The van der Waals surface area contributed by atoms with Gasteiger partial charge in [0.15, 0.2) is 0 Å². The van der Waals surface area contributed by atoms with E-state index in [9.17, 15) is 0 Å². The Bertz CT molecular complexity index is 479. The van der Waals surface area contributed by atoms with E-state index in [1.54, 1.807) is 0 Å². The van der Waals surface area contributed by atoms with Crippen molar-refractivity contribution in [2.45, 2.75) is 31.2 Å². The van der Waals surface area contributed by atoms with Crippen molar-refractivity contribution in [2.75, 3.05) is 37.6 Å². The van der Waals surface area contributed by atoms with E-state index in [4.69, 9.17) is 5.73 Å². The van der Waals surface area contributed by atoms with Gasteiger partial charge in [-0.05, 0) is 56.4 Å². The molecule has 0 aliphatic carbocycles. The number of hydrogen-bond donors (Lipinski definition) is 1. The fourth-order valence-corrected chi connectivity index (χ4v) is 4.58. The number of piperidine rings is 3. The van der Waals surface area contributed by atoms with Gasteiger partial charge in [0.25, 0.3) is 0 Å². The van der Waals surface area contributed by atoms with Gasteiger partial charge in [-0.1, -0.05) is 18.2 Å². The van der Waals surface area contributed by atoms with Gasteiger partial charge in [0, 0.05) is 30.7 Å². The number of hydrogen-bond acceptors (Lipinski definition) is 3. The number of para-hydroxylation sites is 1. The molecule has 2 bridgehead atoms. The maximum absolute atomic E-state index is 5.82. The van der Waals surface area contributed by atoms with Crippen LogP contribution in [0.3, 0.4) is 0 Å². The zero-order valence-corrected chi connectivity index (χ0v) is 12.2. The minimum Gasteiger partial charge on any atom is -0.366 e. The SMILES string of the molecule is NCCC1CN(C2CN3CCC2CC3)c2ccccc21. The Morgan fingerprint density at radius 1 is 1.10 bits per heavy atom. The molecule has 0 amide bonds. The van der Waals surface area contributed by atoms with Crippen LogP contribution in [0.15, 0.2) is 24.3 Å². The largest absolute Gasteiger partial charge is 0.366 e. The molecule has 3 nitrogen and oxygen atoms in total. The predicted molar refractivity (Wildman–Crippen MR) is 83.2 cm³/mol. The zero-order valence-electron chi connectivity index (χ0n) is 12.2. The molecule has 0 radical (unpaired) electrons. The van der Waals surface area contributed by atoms with Crippen LogP contribution in [-0.2, 0) is 0 Å². The normalized spacial score (nSPS) is 35.4. The zero-order chi connectivity index (χ0) is 13.5.